The Morgan fingerprint density at radius 3 is 2.56 bits per heavy atom. The molecule has 0 aliphatic heterocycles. The molecular formula is C13H24IN3S. The molecule has 1 aromatic rings. The molecule has 104 valence electrons. The number of thiophene rings is 1. The maximum atomic E-state index is 4.45. The van der Waals surface area contributed by atoms with Crippen molar-refractivity contribution in [2.75, 3.05) is 20.6 Å². The summed E-state index contributed by atoms with van der Waals surface area (Å²) in [5.41, 5.74) is 0. The van der Waals surface area contributed by atoms with Crippen molar-refractivity contribution in [3.05, 3.63) is 21.9 Å². The zero-order valence-electron chi connectivity index (χ0n) is 11.9. The molecule has 18 heavy (non-hydrogen) atoms. The second-order valence-electron chi connectivity index (χ2n) is 4.45. The van der Waals surface area contributed by atoms with Crippen molar-refractivity contribution in [3.8, 4) is 0 Å². The van der Waals surface area contributed by atoms with Gasteiger partial charge in [-0.25, -0.2) is 0 Å². The van der Waals surface area contributed by atoms with Gasteiger partial charge in [-0.1, -0.05) is 0 Å². The minimum atomic E-state index is 0. The summed E-state index contributed by atoms with van der Waals surface area (Å²) in [6.45, 7) is 7.21. The van der Waals surface area contributed by atoms with E-state index in [1.807, 2.05) is 30.3 Å². The summed E-state index contributed by atoms with van der Waals surface area (Å²) in [6, 6.07) is 4.80. The summed E-state index contributed by atoms with van der Waals surface area (Å²) in [4.78, 5) is 9.28. The Kier molecular flexibility index (Phi) is 8.60. The van der Waals surface area contributed by atoms with E-state index in [9.17, 15) is 0 Å². The SMILES string of the molecule is CCN=C(NC(C)Cc1ccc(C)s1)N(C)C.I. The van der Waals surface area contributed by atoms with Crippen molar-refractivity contribution in [2.24, 2.45) is 4.99 Å². The molecule has 0 radical (unpaired) electrons. The summed E-state index contributed by atoms with van der Waals surface area (Å²) in [5.74, 6) is 0.966. The van der Waals surface area contributed by atoms with Crippen LogP contribution >= 0.6 is 35.3 Å². The first-order valence-electron chi connectivity index (χ1n) is 6.06. The number of hydrogen-bond acceptors (Lipinski definition) is 2. The number of aryl methyl sites for hydroxylation is 1. The van der Waals surface area contributed by atoms with Crippen LogP contribution in [0.25, 0.3) is 0 Å². The smallest absolute Gasteiger partial charge is 0.193 e. The van der Waals surface area contributed by atoms with Crippen LogP contribution in [-0.2, 0) is 6.42 Å². The van der Waals surface area contributed by atoms with Crippen LogP contribution < -0.4 is 5.32 Å². The van der Waals surface area contributed by atoms with Gasteiger partial charge in [0.25, 0.3) is 0 Å². The second kappa shape index (κ2) is 8.74. The van der Waals surface area contributed by atoms with E-state index >= 15 is 0 Å². The van der Waals surface area contributed by atoms with Crippen LogP contribution in [0, 0.1) is 6.92 Å². The highest BCUT2D eigenvalue weighted by molar-refractivity contribution is 14.0. The molecular weight excluding hydrogens is 357 g/mol. The van der Waals surface area contributed by atoms with Crippen LogP contribution in [0.4, 0.5) is 0 Å². The van der Waals surface area contributed by atoms with E-state index in [0.29, 0.717) is 6.04 Å². The lowest BCUT2D eigenvalue weighted by Gasteiger charge is -2.21. The van der Waals surface area contributed by atoms with Crippen molar-refractivity contribution in [1.82, 2.24) is 10.2 Å². The molecule has 0 fully saturated rings. The molecule has 0 saturated heterocycles. The van der Waals surface area contributed by atoms with Crippen molar-refractivity contribution >= 4 is 41.3 Å². The molecule has 0 saturated carbocycles. The maximum absolute atomic E-state index is 4.45. The number of nitrogens with one attached hydrogen (secondary N) is 1. The molecule has 0 aliphatic rings. The minimum absolute atomic E-state index is 0. The normalized spacial score (nSPS) is 12.8. The Hall–Kier alpha value is -0.300. The first-order valence-corrected chi connectivity index (χ1v) is 6.88. The van der Waals surface area contributed by atoms with Crippen LogP contribution in [0.15, 0.2) is 17.1 Å². The topological polar surface area (TPSA) is 27.6 Å². The zero-order chi connectivity index (χ0) is 12.8. The van der Waals surface area contributed by atoms with Gasteiger partial charge in [-0.05, 0) is 32.9 Å². The third kappa shape index (κ3) is 6.04. The van der Waals surface area contributed by atoms with E-state index in [1.165, 1.54) is 9.75 Å². The van der Waals surface area contributed by atoms with Crippen molar-refractivity contribution in [1.29, 1.82) is 0 Å². The van der Waals surface area contributed by atoms with Crippen LogP contribution in [-0.4, -0.2) is 37.5 Å². The fourth-order valence-electron chi connectivity index (χ4n) is 1.63. The number of hydrogen-bond donors (Lipinski definition) is 1. The van der Waals surface area contributed by atoms with Gasteiger partial charge in [0, 0.05) is 42.9 Å². The molecule has 0 spiro atoms. The van der Waals surface area contributed by atoms with Gasteiger partial charge in [0.1, 0.15) is 0 Å². The average molecular weight is 381 g/mol. The third-order valence-corrected chi connectivity index (χ3v) is 3.43. The predicted octanol–water partition coefficient (Wildman–Crippen LogP) is 3.13. The van der Waals surface area contributed by atoms with Gasteiger partial charge in [-0.3, -0.25) is 4.99 Å². The van der Waals surface area contributed by atoms with Gasteiger partial charge in [0.15, 0.2) is 5.96 Å². The van der Waals surface area contributed by atoms with E-state index in [2.05, 4.69) is 43.2 Å². The second-order valence-corrected chi connectivity index (χ2v) is 5.83. The Morgan fingerprint density at radius 2 is 2.11 bits per heavy atom. The largest absolute Gasteiger partial charge is 0.353 e. The van der Waals surface area contributed by atoms with Crippen LogP contribution in [0.5, 0.6) is 0 Å². The molecule has 1 N–H and O–H groups in total. The lowest BCUT2D eigenvalue weighted by atomic mass is 10.2. The van der Waals surface area contributed by atoms with Crippen LogP contribution in [0.1, 0.15) is 23.6 Å². The molecule has 5 heteroatoms. The fraction of sp³-hybridized carbons (Fsp3) is 0.615. The van der Waals surface area contributed by atoms with Crippen LogP contribution in [0.2, 0.25) is 0 Å². The summed E-state index contributed by atoms with van der Waals surface area (Å²) >= 11 is 1.87. The highest BCUT2D eigenvalue weighted by Crippen LogP contribution is 2.16. The molecule has 3 nitrogen and oxygen atoms in total. The number of halogens is 1. The monoisotopic (exact) mass is 381 g/mol. The van der Waals surface area contributed by atoms with Crippen molar-refractivity contribution in [3.63, 3.8) is 0 Å². The summed E-state index contributed by atoms with van der Waals surface area (Å²) in [5, 5.41) is 3.46. The molecule has 0 aliphatic carbocycles. The summed E-state index contributed by atoms with van der Waals surface area (Å²) in [6.07, 6.45) is 1.05. The van der Waals surface area contributed by atoms with Gasteiger partial charge in [-0.15, -0.1) is 35.3 Å². The molecule has 1 unspecified atom stereocenters. The molecule has 1 rings (SSSR count). The van der Waals surface area contributed by atoms with Crippen molar-refractivity contribution < 1.29 is 0 Å². The maximum Gasteiger partial charge on any atom is 0.193 e. The quantitative estimate of drug-likeness (QED) is 0.493. The van der Waals surface area contributed by atoms with Gasteiger partial charge in [0.2, 0.25) is 0 Å². The highest BCUT2D eigenvalue weighted by Gasteiger charge is 2.08. The number of aliphatic imine (C=N–C) groups is 1. The average Bonchev–Trinajstić information content (AvgIpc) is 2.63. The number of guanidine groups is 1. The molecule has 1 aromatic heterocycles. The number of nitrogens with zero attached hydrogens (tertiary/aromatic N) is 2. The standard InChI is InChI=1S/C13H23N3S.HI/c1-6-14-13(16(4)5)15-10(2)9-12-8-7-11(3)17-12;/h7-8,10H,6,9H2,1-5H3,(H,14,15);1H. The summed E-state index contributed by atoms with van der Waals surface area (Å²) < 4.78 is 0. The van der Waals surface area contributed by atoms with Crippen LogP contribution in [0.3, 0.4) is 0 Å². The first kappa shape index (κ1) is 17.7. The Balaban J connectivity index is 0.00000289. The lowest BCUT2D eigenvalue weighted by molar-refractivity contribution is 0.545. The number of rotatable bonds is 4. The fourth-order valence-corrected chi connectivity index (χ4v) is 2.65. The summed E-state index contributed by atoms with van der Waals surface area (Å²) in [7, 11) is 4.03. The molecule has 0 amide bonds. The van der Waals surface area contributed by atoms with E-state index < -0.39 is 0 Å². The van der Waals surface area contributed by atoms with Gasteiger partial charge in [0.05, 0.1) is 0 Å². The predicted molar refractivity (Wildman–Crippen MR) is 92.4 cm³/mol. The lowest BCUT2D eigenvalue weighted by Crippen LogP contribution is -2.42. The molecule has 1 heterocycles. The first-order chi connectivity index (χ1) is 8.02. The Labute approximate surface area is 132 Å². The highest BCUT2D eigenvalue weighted by atomic mass is 127. The van der Waals surface area contributed by atoms with Gasteiger partial charge >= 0.3 is 0 Å². The van der Waals surface area contributed by atoms with E-state index in [-0.39, 0.29) is 24.0 Å². The minimum Gasteiger partial charge on any atom is -0.353 e. The molecule has 0 aromatic carbocycles. The molecule has 0 bridgehead atoms. The van der Waals surface area contributed by atoms with Gasteiger partial charge < -0.3 is 10.2 Å². The third-order valence-electron chi connectivity index (χ3n) is 2.41. The van der Waals surface area contributed by atoms with E-state index in [0.717, 1.165) is 18.9 Å². The van der Waals surface area contributed by atoms with Crippen molar-refractivity contribution in [2.45, 2.75) is 33.2 Å². The molecule has 1 atom stereocenters. The van der Waals surface area contributed by atoms with Gasteiger partial charge in [-0.2, -0.15) is 0 Å². The Morgan fingerprint density at radius 1 is 1.44 bits per heavy atom. The van der Waals surface area contributed by atoms with E-state index in [4.69, 9.17) is 0 Å². The Bertz CT molecular complexity index is 374. The zero-order valence-corrected chi connectivity index (χ0v) is 15.0. The van der Waals surface area contributed by atoms with E-state index in [1.54, 1.807) is 0 Å².